The van der Waals surface area contributed by atoms with E-state index in [9.17, 15) is 9.90 Å². The molecule has 0 spiro atoms. The lowest BCUT2D eigenvalue weighted by molar-refractivity contribution is 0.0234. The normalized spacial score (nSPS) is 19.6. The van der Waals surface area contributed by atoms with Crippen molar-refractivity contribution in [2.24, 2.45) is 5.92 Å². The molecule has 3 rings (SSSR count). The largest absolute Gasteiger partial charge is 0.497 e. The number of ether oxygens (including phenoxy) is 3. The summed E-state index contributed by atoms with van der Waals surface area (Å²) in [4.78, 5) is 17.1. The average Bonchev–Trinajstić information content (AvgIpc) is 2.69. The molecule has 7 nitrogen and oxygen atoms in total. The van der Waals surface area contributed by atoms with Crippen LogP contribution in [-0.2, 0) is 0 Å². The maximum atomic E-state index is 12.9. The Morgan fingerprint density at radius 1 is 1.11 bits per heavy atom. The van der Waals surface area contributed by atoms with Gasteiger partial charge in [0.15, 0.2) is 0 Å². The number of nitrogens with one attached hydrogen (secondary N) is 1. The summed E-state index contributed by atoms with van der Waals surface area (Å²) in [6.45, 7) is 0. The van der Waals surface area contributed by atoms with Crippen LogP contribution in [0.5, 0.6) is 17.2 Å². The highest BCUT2D eigenvalue weighted by atomic mass is 16.5. The van der Waals surface area contributed by atoms with E-state index in [-0.39, 0.29) is 24.0 Å². The van der Waals surface area contributed by atoms with E-state index in [4.69, 9.17) is 14.2 Å². The zero-order chi connectivity index (χ0) is 19.4. The predicted octanol–water partition coefficient (Wildman–Crippen LogP) is 2.35. The van der Waals surface area contributed by atoms with Gasteiger partial charge in [-0.05, 0) is 42.5 Å². The van der Waals surface area contributed by atoms with Crippen LogP contribution in [0.1, 0.15) is 34.8 Å². The lowest BCUT2D eigenvalue weighted by Crippen LogP contribution is -2.41. The standard InChI is InChI=1S/C20H24N2O5/c1-25-15-4-5-17(18(9-15)27-3)20(24)22-19(12-6-14(23)7-12)13-8-16(26-2)11-21-10-13/h4-5,8-12,14,19,23H,6-7H2,1-3H3,(H,22,24)/t12?,14?,19-/m1/s1. The molecule has 2 N–H and O–H groups in total. The van der Waals surface area contributed by atoms with Crippen LogP contribution in [0.3, 0.4) is 0 Å². The number of amides is 1. The Labute approximate surface area is 158 Å². The first-order valence-electron chi connectivity index (χ1n) is 8.75. The molecule has 1 atom stereocenters. The molecule has 1 aliphatic carbocycles. The molecule has 0 radical (unpaired) electrons. The van der Waals surface area contributed by atoms with E-state index in [2.05, 4.69) is 10.3 Å². The van der Waals surface area contributed by atoms with Crippen LogP contribution in [0.15, 0.2) is 36.7 Å². The van der Waals surface area contributed by atoms with Gasteiger partial charge in [0.05, 0.1) is 45.2 Å². The monoisotopic (exact) mass is 372 g/mol. The van der Waals surface area contributed by atoms with E-state index in [1.54, 1.807) is 44.8 Å². The number of rotatable bonds is 7. The molecule has 0 aliphatic heterocycles. The first-order chi connectivity index (χ1) is 13.0. The molecule has 1 saturated carbocycles. The number of aliphatic hydroxyl groups excluding tert-OH is 1. The number of nitrogens with zero attached hydrogens (tertiary/aromatic N) is 1. The molecule has 144 valence electrons. The second-order valence-corrected chi connectivity index (χ2v) is 6.56. The van der Waals surface area contributed by atoms with Gasteiger partial charge >= 0.3 is 0 Å². The molecule has 0 bridgehead atoms. The van der Waals surface area contributed by atoms with Crippen molar-refractivity contribution in [3.05, 3.63) is 47.8 Å². The summed E-state index contributed by atoms with van der Waals surface area (Å²) >= 11 is 0. The molecule has 1 aliphatic rings. The minimum atomic E-state index is -0.330. The van der Waals surface area contributed by atoms with Crippen molar-refractivity contribution in [1.82, 2.24) is 10.3 Å². The third-order valence-corrected chi connectivity index (χ3v) is 4.89. The van der Waals surface area contributed by atoms with Gasteiger partial charge in [-0.3, -0.25) is 9.78 Å². The molecular formula is C20H24N2O5. The Hall–Kier alpha value is -2.80. The lowest BCUT2D eigenvalue weighted by atomic mass is 9.75. The highest BCUT2D eigenvalue weighted by Crippen LogP contribution is 2.39. The Balaban J connectivity index is 1.86. The fourth-order valence-corrected chi connectivity index (χ4v) is 3.30. The minimum absolute atomic E-state index is 0.127. The van der Waals surface area contributed by atoms with Crippen LogP contribution in [0.4, 0.5) is 0 Å². The van der Waals surface area contributed by atoms with Crippen LogP contribution in [0.25, 0.3) is 0 Å². The van der Waals surface area contributed by atoms with Crippen molar-refractivity contribution >= 4 is 5.91 Å². The number of aromatic nitrogens is 1. The maximum absolute atomic E-state index is 12.9. The number of carbonyl (C=O) groups excluding carboxylic acids is 1. The second-order valence-electron chi connectivity index (χ2n) is 6.56. The summed E-state index contributed by atoms with van der Waals surface area (Å²) in [5, 5.41) is 12.8. The number of methoxy groups -OCH3 is 3. The van der Waals surface area contributed by atoms with E-state index >= 15 is 0 Å². The van der Waals surface area contributed by atoms with Crippen LogP contribution in [0.2, 0.25) is 0 Å². The van der Waals surface area contributed by atoms with Crippen molar-refractivity contribution in [2.45, 2.75) is 25.0 Å². The zero-order valence-electron chi connectivity index (χ0n) is 15.6. The number of hydrogen-bond donors (Lipinski definition) is 2. The SMILES string of the molecule is COc1cncc([C@H](NC(=O)c2ccc(OC)cc2OC)C2CC(O)C2)c1. The van der Waals surface area contributed by atoms with Gasteiger partial charge in [-0.25, -0.2) is 0 Å². The van der Waals surface area contributed by atoms with Gasteiger partial charge < -0.3 is 24.6 Å². The van der Waals surface area contributed by atoms with Crippen LogP contribution in [-0.4, -0.2) is 43.4 Å². The van der Waals surface area contributed by atoms with Gasteiger partial charge in [-0.2, -0.15) is 0 Å². The average molecular weight is 372 g/mol. The molecule has 7 heteroatoms. The van der Waals surface area contributed by atoms with E-state index in [1.807, 2.05) is 6.07 Å². The molecule has 1 fully saturated rings. The first kappa shape index (κ1) is 19.0. The maximum Gasteiger partial charge on any atom is 0.255 e. The summed E-state index contributed by atoms with van der Waals surface area (Å²) < 4.78 is 15.8. The molecule has 1 aromatic heterocycles. The van der Waals surface area contributed by atoms with Crippen molar-refractivity contribution in [3.8, 4) is 17.2 Å². The number of hydrogen-bond acceptors (Lipinski definition) is 6. The summed E-state index contributed by atoms with van der Waals surface area (Å²) in [6, 6.07) is 6.63. The molecule has 1 heterocycles. The number of pyridine rings is 1. The second kappa shape index (κ2) is 8.26. The van der Waals surface area contributed by atoms with Crippen LogP contribution in [0, 0.1) is 5.92 Å². The summed E-state index contributed by atoms with van der Waals surface area (Å²) in [5.41, 5.74) is 1.26. The van der Waals surface area contributed by atoms with E-state index in [0.717, 1.165) is 5.56 Å². The summed E-state index contributed by atoms with van der Waals surface area (Å²) in [6.07, 6.45) is 4.25. The fraction of sp³-hybridized carbons (Fsp3) is 0.400. The highest BCUT2D eigenvalue weighted by Gasteiger charge is 2.36. The first-order valence-corrected chi connectivity index (χ1v) is 8.75. The predicted molar refractivity (Wildman–Crippen MR) is 99.3 cm³/mol. The minimum Gasteiger partial charge on any atom is -0.497 e. The van der Waals surface area contributed by atoms with Gasteiger partial charge in [0.25, 0.3) is 5.91 Å². The van der Waals surface area contributed by atoms with Crippen LogP contribution < -0.4 is 19.5 Å². The molecular weight excluding hydrogens is 348 g/mol. The smallest absolute Gasteiger partial charge is 0.255 e. The van der Waals surface area contributed by atoms with Crippen molar-refractivity contribution in [2.75, 3.05) is 21.3 Å². The van der Waals surface area contributed by atoms with Crippen molar-refractivity contribution in [1.29, 1.82) is 0 Å². The molecule has 1 amide bonds. The quantitative estimate of drug-likeness (QED) is 0.775. The molecule has 0 saturated heterocycles. The third-order valence-electron chi connectivity index (χ3n) is 4.89. The lowest BCUT2D eigenvalue weighted by Gasteiger charge is -2.38. The number of carbonyl (C=O) groups is 1. The van der Waals surface area contributed by atoms with Crippen molar-refractivity contribution in [3.63, 3.8) is 0 Å². The third kappa shape index (κ3) is 4.14. The Bertz CT molecular complexity index is 805. The van der Waals surface area contributed by atoms with E-state index < -0.39 is 0 Å². The summed E-state index contributed by atoms with van der Waals surface area (Å²) in [7, 11) is 4.64. The molecule has 0 unspecified atom stereocenters. The molecule has 27 heavy (non-hydrogen) atoms. The van der Waals surface area contributed by atoms with Gasteiger partial charge in [-0.15, -0.1) is 0 Å². The van der Waals surface area contributed by atoms with Gasteiger partial charge in [0, 0.05) is 12.3 Å². The van der Waals surface area contributed by atoms with Gasteiger partial charge in [0.2, 0.25) is 0 Å². The number of benzene rings is 1. The van der Waals surface area contributed by atoms with Crippen molar-refractivity contribution < 1.29 is 24.1 Å². The molecule has 2 aromatic rings. The van der Waals surface area contributed by atoms with Gasteiger partial charge in [-0.1, -0.05) is 0 Å². The Morgan fingerprint density at radius 2 is 1.85 bits per heavy atom. The zero-order valence-corrected chi connectivity index (χ0v) is 15.6. The number of aliphatic hydroxyl groups is 1. The van der Waals surface area contributed by atoms with Crippen LogP contribution >= 0.6 is 0 Å². The van der Waals surface area contributed by atoms with E-state index in [1.165, 1.54) is 7.11 Å². The van der Waals surface area contributed by atoms with E-state index in [0.29, 0.717) is 35.7 Å². The Kier molecular flexibility index (Phi) is 5.81. The fourth-order valence-electron chi connectivity index (χ4n) is 3.30. The highest BCUT2D eigenvalue weighted by molar-refractivity contribution is 5.97. The van der Waals surface area contributed by atoms with Gasteiger partial charge in [0.1, 0.15) is 17.2 Å². The summed E-state index contributed by atoms with van der Waals surface area (Å²) in [5.74, 6) is 1.53. The Morgan fingerprint density at radius 3 is 2.48 bits per heavy atom. The molecule has 1 aromatic carbocycles. The topological polar surface area (TPSA) is 89.9 Å².